The number of rotatable bonds is 3. The molecule has 0 aliphatic heterocycles. The summed E-state index contributed by atoms with van der Waals surface area (Å²) in [6, 6.07) is 0. The van der Waals surface area contributed by atoms with Gasteiger partial charge in [-0.15, -0.1) is 0 Å². The molecule has 0 aromatic heterocycles. The first-order chi connectivity index (χ1) is 8.15. The van der Waals surface area contributed by atoms with Crippen LogP contribution in [0.3, 0.4) is 0 Å². The quantitative estimate of drug-likeness (QED) is 0.795. The van der Waals surface area contributed by atoms with E-state index < -0.39 is 5.97 Å². The number of aliphatic carboxylic acids is 1. The molecule has 0 spiro atoms. The van der Waals surface area contributed by atoms with Gasteiger partial charge in [-0.2, -0.15) is 0 Å². The van der Waals surface area contributed by atoms with E-state index in [2.05, 4.69) is 43.4 Å². The third-order valence-corrected chi connectivity index (χ3v) is 5.54. The second kappa shape index (κ2) is 7.31. The van der Waals surface area contributed by atoms with Crippen LogP contribution in [-0.2, 0) is 18.7 Å². The van der Waals surface area contributed by atoms with Crippen molar-refractivity contribution < 1.29 is 23.8 Å². The van der Waals surface area contributed by atoms with E-state index in [1.54, 1.807) is 8.94 Å². The minimum absolute atomic E-state index is 0.153. The fourth-order valence-corrected chi connectivity index (χ4v) is 4.53. The van der Waals surface area contributed by atoms with Gasteiger partial charge in [0.15, 0.2) is 0 Å². The first kappa shape index (κ1) is 14.0. The average molecular weight is 275 g/mol. The Hall–Kier alpha value is -1.05. The molecule has 0 radical (unpaired) electrons. The van der Waals surface area contributed by atoms with E-state index in [4.69, 9.17) is 9.90 Å². The van der Waals surface area contributed by atoms with Gasteiger partial charge in [-0.1, -0.05) is 0 Å². The van der Waals surface area contributed by atoms with E-state index in [1.165, 1.54) is 18.2 Å². The maximum atomic E-state index is 9.00. The predicted molar refractivity (Wildman–Crippen MR) is 67.5 cm³/mol. The number of allylic oxidation sites excluding steroid dienone is 8. The summed E-state index contributed by atoms with van der Waals surface area (Å²) in [4.78, 5) is 9.00. The molecule has 0 aromatic carbocycles. The second-order valence-electron chi connectivity index (χ2n) is 3.57. The fourth-order valence-electron chi connectivity index (χ4n) is 1.62. The Bertz CT molecular complexity index is 355. The van der Waals surface area contributed by atoms with Crippen LogP contribution in [0.4, 0.5) is 0 Å². The molecule has 2 rings (SSSR count). The maximum absolute atomic E-state index is 9.00. The van der Waals surface area contributed by atoms with E-state index in [0.29, 0.717) is 0 Å². The van der Waals surface area contributed by atoms with Crippen LogP contribution < -0.4 is 0 Å². The van der Waals surface area contributed by atoms with Crippen molar-refractivity contribution >= 4 is 5.97 Å². The third kappa shape index (κ3) is 4.76. The van der Waals surface area contributed by atoms with Gasteiger partial charge in [0, 0.05) is 6.92 Å². The van der Waals surface area contributed by atoms with Crippen molar-refractivity contribution in [1.29, 1.82) is 0 Å². The fraction of sp³-hybridized carbons (Fsp3) is 0.357. The SMILES string of the molecule is CC(=O)O.C[CH2][Fe]([C]1=CC=CC1)[C]1=CC=CC1. The molecule has 0 amide bonds. The van der Waals surface area contributed by atoms with Crippen LogP contribution in [0, 0.1) is 0 Å². The van der Waals surface area contributed by atoms with Gasteiger partial charge in [0.1, 0.15) is 0 Å². The standard InChI is InChI=1S/2C5H5.C2H4O2.C2H5.Fe/c2*1-2-4-5-3-1;1-2(3)4;1-2;/h2*1-3H,4H2;1H3,(H,3,4);1H2,2H3;. The molecule has 2 aliphatic rings. The number of carboxylic acid groups (broad SMARTS) is 1. The van der Waals surface area contributed by atoms with Crippen molar-refractivity contribution in [3.63, 3.8) is 0 Å². The molecule has 0 bridgehead atoms. The molecular weight excluding hydrogens is 256 g/mol. The molecule has 0 saturated carbocycles. The molecule has 0 fully saturated rings. The molecule has 0 unspecified atom stereocenters. The van der Waals surface area contributed by atoms with Crippen molar-refractivity contribution in [1.82, 2.24) is 0 Å². The van der Waals surface area contributed by atoms with Crippen molar-refractivity contribution in [2.75, 3.05) is 0 Å². The molecular formula is C14H19FeO2. The summed E-state index contributed by atoms with van der Waals surface area (Å²) in [6.45, 7) is 3.40. The van der Waals surface area contributed by atoms with E-state index in [1.807, 2.05) is 0 Å². The van der Waals surface area contributed by atoms with Gasteiger partial charge in [0.2, 0.25) is 0 Å². The van der Waals surface area contributed by atoms with Gasteiger partial charge in [0.25, 0.3) is 5.97 Å². The molecule has 0 heterocycles. The zero-order valence-electron chi connectivity index (χ0n) is 10.3. The Kier molecular flexibility index (Phi) is 6.02. The van der Waals surface area contributed by atoms with E-state index in [0.717, 1.165) is 6.92 Å². The van der Waals surface area contributed by atoms with Crippen molar-refractivity contribution in [2.45, 2.75) is 32.0 Å². The van der Waals surface area contributed by atoms with Crippen molar-refractivity contribution in [3.05, 3.63) is 45.4 Å². The first-order valence-electron chi connectivity index (χ1n) is 5.67. The van der Waals surface area contributed by atoms with Crippen LogP contribution in [0.1, 0.15) is 26.7 Å². The minimum atomic E-state index is -0.833. The summed E-state index contributed by atoms with van der Waals surface area (Å²) in [7, 11) is 0. The van der Waals surface area contributed by atoms with Crippen molar-refractivity contribution in [3.8, 4) is 0 Å². The second-order valence-corrected chi connectivity index (χ2v) is 6.82. The number of hydrogen-bond donors (Lipinski definition) is 1. The molecule has 3 heteroatoms. The normalized spacial score (nSPS) is 17.2. The van der Waals surface area contributed by atoms with Gasteiger partial charge < -0.3 is 5.11 Å². The summed E-state index contributed by atoms with van der Waals surface area (Å²) >= 11 is -0.153. The molecule has 1 N–H and O–H groups in total. The van der Waals surface area contributed by atoms with Gasteiger partial charge >= 0.3 is 84.4 Å². The number of carbonyl (C=O) groups is 1. The molecule has 0 atom stereocenters. The molecule has 0 aromatic rings. The number of carboxylic acids is 1. The monoisotopic (exact) mass is 275 g/mol. The Morgan fingerprint density at radius 2 is 1.65 bits per heavy atom. The molecule has 2 aliphatic carbocycles. The Balaban J connectivity index is 0.000000317. The number of hydrogen-bond acceptors (Lipinski definition) is 1. The van der Waals surface area contributed by atoms with Crippen LogP contribution in [0.2, 0.25) is 5.32 Å². The molecule has 2 nitrogen and oxygen atoms in total. The molecule has 0 saturated heterocycles. The summed E-state index contributed by atoms with van der Waals surface area (Å²) in [5, 5.41) is 8.74. The van der Waals surface area contributed by atoms with Gasteiger partial charge in [-0.05, 0) is 0 Å². The zero-order chi connectivity index (χ0) is 12.7. The first-order valence-corrected chi connectivity index (χ1v) is 7.56. The Morgan fingerprint density at radius 1 is 1.24 bits per heavy atom. The molecule has 95 valence electrons. The summed E-state index contributed by atoms with van der Waals surface area (Å²) in [5.74, 6) is -0.833. The average Bonchev–Trinajstić information content (AvgIpc) is 2.89. The van der Waals surface area contributed by atoms with Gasteiger partial charge in [-0.25, -0.2) is 0 Å². The van der Waals surface area contributed by atoms with Crippen LogP contribution in [0.15, 0.2) is 45.4 Å². The van der Waals surface area contributed by atoms with Gasteiger partial charge in [0.05, 0.1) is 0 Å². The van der Waals surface area contributed by atoms with E-state index >= 15 is 0 Å². The van der Waals surface area contributed by atoms with Crippen molar-refractivity contribution in [2.24, 2.45) is 0 Å². The Labute approximate surface area is 107 Å². The van der Waals surface area contributed by atoms with Crippen LogP contribution in [0.5, 0.6) is 0 Å². The van der Waals surface area contributed by atoms with E-state index in [-0.39, 0.29) is 13.9 Å². The summed E-state index contributed by atoms with van der Waals surface area (Å²) in [5.41, 5.74) is 0. The topological polar surface area (TPSA) is 37.3 Å². The Morgan fingerprint density at radius 3 is 1.88 bits per heavy atom. The van der Waals surface area contributed by atoms with Gasteiger partial charge in [-0.3, -0.25) is 4.79 Å². The van der Waals surface area contributed by atoms with Crippen LogP contribution in [-0.4, -0.2) is 11.1 Å². The van der Waals surface area contributed by atoms with Crippen LogP contribution >= 0.6 is 0 Å². The third-order valence-electron chi connectivity index (χ3n) is 2.23. The summed E-state index contributed by atoms with van der Waals surface area (Å²) in [6.07, 6.45) is 16.0. The molecule has 17 heavy (non-hydrogen) atoms. The zero-order valence-corrected chi connectivity index (χ0v) is 11.4. The summed E-state index contributed by atoms with van der Waals surface area (Å²) < 4.78 is 3.36. The van der Waals surface area contributed by atoms with Crippen LogP contribution in [0.25, 0.3) is 0 Å². The predicted octanol–water partition coefficient (Wildman–Crippen LogP) is 3.82. The van der Waals surface area contributed by atoms with E-state index in [9.17, 15) is 0 Å².